The topological polar surface area (TPSA) is 83.7 Å². The molecular formula is C15H22N6. The van der Waals surface area contributed by atoms with E-state index in [2.05, 4.69) is 32.0 Å². The molecule has 2 aromatic heterocycles. The molecule has 1 aliphatic rings. The molecule has 1 saturated heterocycles. The van der Waals surface area contributed by atoms with Crippen LogP contribution in [0, 0.1) is 0 Å². The van der Waals surface area contributed by atoms with Crippen molar-refractivity contribution in [1.82, 2.24) is 20.2 Å². The van der Waals surface area contributed by atoms with Gasteiger partial charge in [-0.3, -0.25) is 10.1 Å². The van der Waals surface area contributed by atoms with E-state index in [1.54, 1.807) is 0 Å². The van der Waals surface area contributed by atoms with E-state index in [0.29, 0.717) is 0 Å². The molecule has 3 rings (SSSR count). The number of hydrogen-bond donors (Lipinski definition) is 2. The number of piperidine rings is 1. The van der Waals surface area contributed by atoms with Gasteiger partial charge in [-0.1, -0.05) is 6.07 Å². The molecule has 0 saturated carbocycles. The summed E-state index contributed by atoms with van der Waals surface area (Å²) in [5.74, 6) is 1.68. The Morgan fingerprint density at radius 3 is 3.10 bits per heavy atom. The number of anilines is 1. The van der Waals surface area contributed by atoms with Crippen molar-refractivity contribution in [3.63, 3.8) is 0 Å². The van der Waals surface area contributed by atoms with Crippen LogP contribution >= 0.6 is 0 Å². The molecule has 2 atom stereocenters. The molecule has 112 valence electrons. The predicted octanol–water partition coefficient (Wildman–Crippen LogP) is 1.30. The number of aromatic nitrogens is 4. The van der Waals surface area contributed by atoms with Crippen LogP contribution in [0.25, 0.3) is 0 Å². The highest BCUT2D eigenvalue weighted by molar-refractivity contribution is 5.32. The van der Waals surface area contributed by atoms with Gasteiger partial charge in [0.05, 0.1) is 0 Å². The Morgan fingerprint density at radius 2 is 2.29 bits per heavy atom. The Balaban J connectivity index is 1.63. The van der Waals surface area contributed by atoms with E-state index in [9.17, 15) is 0 Å². The largest absolute Gasteiger partial charge is 0.335 e. The van der Waals surface area contributed by atoms with E-state index in [4.69, 9.17) is 5.73 Å². The summed E-state index contributed by atoms with van der Waals surface area (Å²) < 4.78 is 0. The third-order valence-corrected chi connectivity index (χ3v) is 4.17. The van der Waals surface area contributed by atoms with Gasteiger partial charge in [-0.15, -0.1) is 5.10 Å². The smallest absolute Gasteiger partial charge is 0.244 e. The van der Waals surface area contributed by atoms with Crippen molar-refractivity contribution >= 4 is 5.95 Å². The van der Waals surface area contributed by atoms with Gasteiger partial charge in [-0.25, -0.2) is 0 Å². The van der Waals surface area contributed by atoms with Crippen LogP contribution in [0.4, 0.5) is 5.95 Å². The van der Waals surface area contributed by atoms with Gasteiger partial charge in [0.15, 0.2) is 0 Å². The van der Waals surface area contributed by atoms with Crippen molar-refractivity contribution in [2.24, 2.45) is 5.73 Å². The van der Waals surface area contributed by atoms with Gasteiger partial charge < -0.3 is 10.6 Å². The van der Waals surface area contributed by atoms with Gasteiger partial charge in [0, 0.05) is 36.9 Å². The molecule has 21 heavy (non-hydrogen) atoms. The van der Waals surface area contributed by atoms with Gasteiger partial charge in [-0.05, 0) is 38.3 Å². The normalized spacial score (nSPS) is 22.5. The zero-order valence-electron chi connectivity index (χ0n) is 12.4. The maximum atomic E-state index is 6.13. The van der Waals surface area contributed by atoms with Gasteiger partial charge >= 0.3 is 0 Å². The Labute approximate surface area is 124 Å². The molecule has 6 heteroatoms. The molecule has 0 amide bonds. The monoisotopic (exact) mass is 286 g/mol. The molecule has 1 fully saturated rings. The molecule has 2 aromatic rings. The predicted molar refractivity (Wildman–Crippen MR) is 82.0 cm³/mol. The van der Waals surface area contributed by atoms with Crippen molar-refractivity contribution in [2.45, 2.75) is 44.7 Å². The van der Waals surface area contributed by atoms with Crippen molar-refractivity contribution in [3.8, 4) is 0 Å². The van der Waals surface area contributed by atoms with E-state index < -0.39 is 0 Å². The summed E-state index contributed by atoms with van der Waals surface area (Å²) in [7, 11) is 0. The van der Waals surface area contributed by atoms with Gasteiger partial charge in [0.2, 0.25) is 5.95 Å². The van der Waals surface area contributed by atoms with Crippen LogP contribution in [0.3, 0.4) is 0 Å². The first-order chi connectivity index (χ1) is 10.2. The molecule has 0 aromatic carbocycles. The molecule has 3 heterocycles. The average molecular weight is 286 g/mol. The molecular weight excluding hydrogens is 264 g/mol. The van der Waals surface area contributed by atoms with Crippen molar-refractivity contribution < 1.29 is 0 Å². The number of rotatable bonds is 4. The van der Waals surface area contributed by atoms with E-state index in [1.807, 2.05) is 24.4 Å². The van der Waals surface area contributed by atoms with Gasteiger partial charge in [-0.2, -0.15) is 4.98 Å². The number of nitrogens with one attached hydrogen (secondary N) is 1. The van der Waals surface area contributed by atoms with Crippen LogP contribution in [-0.2, 0) is 12.8 Å². The van der Waals surface area contributed by atoms with Crippen LogP contribution in [0.15, 0.2) is 24.4 Å². The van der Waals surface area contributed by atoms with E-state index in [0.717, 1.165) is 49.7 Å². The first-order valence-electron chi connectivity index (χ1n) is 7.57. The fourth-order valence-corrected chi connectivity index (χ4v) is 2.77. The minimum atomic E-state index is 0.203. The minimum absolute atomic E-state index is 0.203. The summed E-state index contributed by atoms with van der Waals surface area (Å²) >= 11 is 0. The fraction of sp³-hybridized carbons (Fsp3) is 0.533. The highest BCUT2D eigenvalue weighted by Crippen LogP contribution is 2.20. The summed E-state index contributed by atoms with van der Waals surface area (Å²) in [4.78, 5) is 11.1. The molecule has 6 nitrogen and oxygen atoms in total. The third-order valence-electron chi connectivity index (χ3n) is 4.17. The van der Waals surface area contributed by atoms with Crippen LogP contribution in [0.2, 0.25) is 0 Å². The second kappa shape index (κ2) is 6.22. The van der Waals surface area contributed by atoms with Crippen molar-refractivity contribution in [1.29, 1.82) is 0 Å². The first kappa shape index (κ1) is 14.0. The fourth-order valence-electron chi connectivity index (χ4n) is 2.77. The first-order valence-corrected chi connectivity index (χ1v) is 7.57. The average Bonchev–Trinajstić information content (AvgIpc) is 2.98. The molecule has 0 aliphatic carbocycles. The lowest BCUT2D eigenvalue weighted by atomic mass is 9.99. The minimum Gasteiger partial charge on any atom is -0.335 e. The summed E-state index contributed by atoms with van der Waals surface area (Å²) in [6.07, 6.45) is 5.68. The zero-order chi connectivity index (χ0) is 14.7. The lowest BCUT2D eigenvalue weighted by Gasteiger charge is -2.36. The maximum absolute atomic E-state index is 6.13. The van der Waals surface area contributed by atoms with Crippen molar-refractivity contribution in [3.05, 3.63) is 35.9 Å². The number of aryl methyl sites for hydroxylation is 2. The number of pyridine rings is 1. The molecule has 1 aliphatic heterocycles. The molecule has 0 spiro atoms. The number of hydrogen-bond acceptors (Lipinski definition) is 5. The molecule has 3 N–H and O–H groups in total. The van der Waals surface area contributed by atoms with Crippen molar-refractivity contribution in [2.75, 3.05) is 11.4 Å². The van der Waals surface area contributed by atoms with E-state index in [-0.39, 0.29) is 12.1 Å². The zero-order valence-corrected chi connectivity index (χ0v) is 12.4. The second-order valence-electron chi connectivity index (χ2n) is 5.64. The molecule has 0 bridgehead atoms. The number of aromatic amines is 1. The van der Waals surface area contributed by atoms with Gasteiger partial charge in [0.1, 0.15) is 5.82 Å². The third kappa shape index (κ3) is 3.21. The number of H-pyrrole nitrogens is 1. The lowest BCUT2D eigenvalue weighted by molar-refractivity contribution is 0.416. The summed E-state index contributed by atoms with van der Waals surface area (Å²) in [5, 5.41) is 7.39. The summed E-state index contributed by atoms with van der Waals surface area (Å²) in [5.41, 5.74) is 7.20. The number of nitrogens with two attached hydrogens (primary N) is 1. The van der Waals surface area contributed by atoms with Crippen LogP contribution in [-0.4, -0.2) is 38.8 Å². The van der Waals surface area contributed by atoms with E-state index >= 15 is 0 Å². The van der Waals surface area contributed by atoms with Crippen LogP contribution in [0.1, 0.15) is 31.3 Å². The highest BCUT2D eigenvalue weighted by Gasteiger charge is 2.27. The second-order valence-corrected chi connectivity index (χ2v) is 5.64. The van der Waals surface area contributed by atoms with Crippen LogP contribution < -0.4 is 10.6 Å². The Morgan fingerprint density at radius 1 is 1.38 bits per heavy atom. The highest BCUT2D eigenvalue weighted by atomic mass is 15.4. The van der Waals surface area contributed by atoms with Gasteiger partial charge in [0.25, 0.3) is 0 Å². The van der Waals surface area contributed by atoms with Crippen LogP contribution in [0.5, 0.6) is 0 Å². The number of nitrogens with zero attached hydrogens (tertiary/aromatic N) is 4. The maximum Gasteiger partial charge on any atom is 0.244 e. The Bertz CT molecular complexity index is 567. The lowest BCUT2D eigenvalue weighted by Crippen LogP contribution is -2.50. The SMILES string of the molecule is CC1C(N)CCCN1c1n[nH]c(CCc2ccccn2)n1. The standard InChI is InChI=1S/C15H22N6/c1-11-13(16)6-4-10-21(11)15-18-14(19-20-15)8-7-12-5-2-3-9-17-12/h2-3,5,9,11,13H,4,6-8,10,16H2,1H3,(H,18,19,20). The quantitative estimate of drug-likeness (QED) is 0.885. The Hall–Kier alpha value is -1.95. The summed E-state index contributed by atoms with van der Waals surface area (Å²) in [6.45, 7) is 3.13. The van der Waals surface area contributed by atoms with E-state index in [1.165, 1.54) is 0 Å². The molecule has 2 unspecified atom stereocenters. The molecule has 0 radical (unpaired) electrons. The Kier molecular flexibility index (Phi) is 4.15. The summed E-state index contributed by atoms with van der Waals surface area (Å²) in [6, 6.07) is 6.46.